The number of benzene rings is 1. The van der Waals surface area contributed by atoms with Gasteiger partial charge >= 0.3 is 160 Å². The molecule has 0 spiro atoms. The van der Waals surface area contributed by atoms with E-state index in [0.717, 1.165) is 19.8 Å². The molecule has 0 amide bonds. The van der Waals surface area contributed by atoms with Crippen LogP contribution in [0.1, 0.15) is 36.9 Å². The van der Waals surface area contributed by atoms with Crippen molar-refractivity contribution in [3.63, 3.8) is 0 Å². The van der Waals surface area contributed by atoms with Crippen molar-refractivity contribution >= 4 is 53.2 Å². The van der Waals surface area contributed by atoms with E-state index in [4.69, 9.17) is 25.8 Å². The molecule has 0 saturated carbocycles. The fourth-order valence-corrected chi connectivity index (χ4v) is 4.72. The molecule has 0 atom stereocenters. The standard InChI is InChI=1S/C21H24ClN3O4Se/c1-5-27-19(26)16-11-13-10-14(6-7-15(13)30-16)23-18-12-17(22)24-20(25-18)28-8-9-29-21(2,3)4/h6-7,10-12H,5,8-9H2,1-4H3,(H,23,24,25). The van der Waals surface area contributed by atoms with Gasteiger partial charge in [0.2, 0.25) is 0 Å². The van der Waals surface area contributed by atoms with E-state index in [-0.39, 0.29) is 37.2 Å². The average Bonchev–Trinajstić information content (AvgIpc) is 3.08. The van der Waals surface area contributed by atoms with Gasteiger partial charge in [0.25, 0.3) is 0 Å². The van der Waals surface area contributed by atoms with Gasteiger partial charge in [-0.1, -0.05) is 0 Å². The van der Waals surface area contributed by atoms with Crippen molar-refractivity contribution in [3.8, 4) is 6.01 Å². The number of rotatable bonds is 8. The predicted octanol–water partition coefficient (Wildman–Crippen LogP) is 4.45. The molecule has 0 unspecified atom stereocenters. The van der Waals surface area contributed by atoms with Crippen molar-refractivity contribution in [2.24, 2.45) is 0 Å². The summed E-state index contributed by atoms with van der Waals surface area (Å²) in [5.41, 5.74) is 0.588. The number of nitrogens with zero attached hydrogens (tertiary/aromatic N) is 2. The van der Waals surface area contributed by atoms with Gasteiger partial charge in [-0.05, 0) is 20.8 Å². The molecule has 0 saturated heterocycles. The zero-order valence-electron chi connectivity index (χ0n) is 17.3. The number of fused-ring (bicyclic) bond motifs is 1. The van der Waals surface area contributed by atoms with Crippen LogP contribution in [0.4, 0.5) is 11.5 Å². The number of hydrogen-bond acceptors (Lipinski definition) is 7. The van der Waals surface area contributed by atoms with Gasteiger partial charge < -0.3 is 0 Å². The van der Waals surface area contributed by atoms with Crippen molar-refractivity contribution in [2.75, 3.05) is 25.1 Å². The SMILES string of the molecule is CCOC(=O)c1cc2cc(Nc3cc(Cl)nc(OCCOC(C)(C)C)n3)ccc2[se]1. The van der Waals surface area contributed by atoms with E-state index in [0.29, 0.717) is 25.6 Å². The molecule has 160 valence electrons. The molecule has 2 heterocycles. The third-order valence-electron chi connectivity index (χ3n) is 3.79. The number of aromatic nitrogens is 2. The molecule has 0 aliphatic carbocycles. The summed E-state index contributed by atoms with van der Waals surface area (Å²) in [5, 5.41) is 4.48. The van der Waals surface area contributed by atoms with Gasteiger partial charge in [-0.15, -0.1) is 0 Å². The van der Waals surface area contributed by atoms with Gasteiger partial charge in [0.15, 0.2) is 0 Å². The molecule has 0 aliphatic rings. The van der Waals surface area contributed by atoms with Crippen LogP contribution in [0.15, 0.2) is 30.3 Å². The van der Waals surface area contributed by atoms with Gasteiger partial charge in [-0.3, -0.25) is 0 Å². The van der Waals surface area contributed by atoms with Crippen LogP contribution in [0.5, 0.6) is 6.01 Å². The van der Waals surface area contributed by atoms with Gasteiger partial charge in [-0.25, -0.2) is 0 Å². The molecule has 30 heavy (non-hydrogen) atoms. The molecule has 0 bridgehead atoms. The molecule has 1 aromatic carbocycles. The maximum absolute atomic E-state index is 12.0. The Kier molecular flexibility index (Phi) is 7.36. The van der Waals surface area contributed by atoms with E-state index >= 15 is 0 Å². The van der Waals surface area contributed by atoms with Gasteiger partial charge in [-0.2, -0.15) is 0 Å². The number of carbonyl (C=O) groups is 1. The molecule has 9 heteroatoms. The third kappa shape index (κ3) is 6.44. The van der Waals surface area contributed by atoms with Crippen LogP contribution in [-0.2, 0) is 9.47 Å². The summed E-state index contributed by atoms with van der Waals surface area (Å²) in [6.07, 6.45) is 0. The first kappa shape index (κ1) is 22.6. The summed E-state index contributed by atoms with van der Waals surface area (Å²) >= 11 is 6.07. The zero-order valence-corrected chi connectivity index (χ0v) is 19.8. The summed E-state index contributed by atoms with van der Waals surface area (Å²) in [5.74, 6) is 0.266. The van der Waals surface area contributed by atoms with E-state index < -0.39 is 0 Å². The van der Waals surface area contributed by atoms with Crippen LogP contribution >= 0.6 is 11.6 Å². The molecule has 3 aromatic rings. The second kappa shape index (κ2) is 9.79. The first-order valence-corrected chi connectivity index (χ1v) is 11.6. The minimum atomic E-state index is -0.247. The molecule has 1 N–H and O–H groups in total. The Balaban J connectivity index is 1.70. The first-order chi connectivity index (χ1) is 14.2. The quantitative estimate of drug-likeness (QED) is 0.213. The fourth-order valence-electron chi connectivity index (χ4n) is 2.58. The zero-order chi connectivity index (χ0) is 21.7. The molecule has 2 aromatic heterocycles. The molecular weight excluding hydrogens is 473 g/mol. The number of anilines is 2. The summed E-state index contributed by atoms with van der Waals surface area (Å²) in [6.45, 7) is 8.85. The van der Waals surface area contributed by atoms with Crippen LogP contribution in [-0.4, -0.2) is 55.9 Å². The average molecular weight is 497 g/mol. The summed E-state index contributed by atoms with van der Waals surface area (Å²) in [7, 11) is 0. The Bertz CT molecular complexity index is 1030. The van der Waals surface area contributed by atoms with E-state index in [9.17, 15) is 4.79 Å². The second-order valence-corrected chi connectivity index (χ2v) is 10.0. The Morgan fingerprint density at radius 1 is 1.17 bits per heavy atom. The molecule has 0 aliphatic heterocycles. The van der Waals surface area contributed by atoms with Gasteiger partial charge in [0, 0.05) is 0 Å². The van der Waals surface area contributed by atoms with Crippen molar-refractivity contribution in [3.05, 3.63) is 39.9 Å². The van der Waals surface area contributed by atoms with Crippen LogP contribution in [0.25, 0.3) is 9.65 Å². The summed E-state index contributed by atoms with van der Waals surface area (Å²) < 4.78 is 18.2. The molecule has 0 fully saturated rings. The van der Waals surface area contributed by atoms with Crippen LogP contribution in [0.3, 0.4) is 0 Å². The number of nitrogens with one attached hydrogen (secondary N) is 1. The first-order valence-electron chi connectivity index (χ1n) is 9.52. The number of carbonyl (C=O) groups excluding carboxylic acids is 1. The summed E-state index contributed by atoms with van der Waals surface area (Å²) in [4.78, 5) is 20.4. The van der Waals surface area contributed by atoms with Crippen molar-refractivity contribution < 1.29 is 19.0 Å². The van der Waals surface area contributed by atoms with Crippen molar-refractivity contribution in [1.29, 1.82) is 0 Å². The van der Waals surface area contributed by atoms with Crippen molar-refractivity contribution in [2.45, 2.75) is 33.3 Å². The number of hydrogen-bond donors (Lipinski definition) is 1. The topological polar surface area (TPSA) is 82.6 Å². The van der Waals surface area contributed by atoms with E-state index in [2.05, 4.69) is 15.3 Å². The maximum atomic E-state index is 12.0. The Labute approximate surface area is 186 Å². The van der Waals surface area contributed by atoms with Crippen molar-refractivity contribution in [1.82, 2.24) is 9.97 Å². The van der Waals surface area contributed by atoms with E-state index in [1.807, 2.05) is 45.0 Å². The monoisotopic (exact) mass is 497 g/mol. The molecule has 7 nitrogen and oxygen atoms in total. The third-order valence-corrected chi connectivity index (χ3v) is 6.28. The Morgan fingerprint density at radius 2 is 1.97 bits per heavy atom. The van der Waals surface area contributed by atoms with E-state index in [1.165, 1.54) is 0 Å². The van der Waals surface area contributed by atoms with E-state index in [1.54, 1.807) is 13.0 Å². The van der Waals surface area contributed by atoms with Gasteiger partial charge in [0.1, 0.15) is 0 Å². The number of ether oxygens (including phenoxy) is 3. The molecule has 0 radical (unpaired) electrons. The number of halogens is 1. The van der Waals surface area contributed by atoms with Crippen LogP contribution < -0.4 is 10.1 Å². The van der Waals surface area contributed by atoms with Crippen LogP contribution in [0, 0.1) is 0 Å². The normalized spacial score (nSPS) is 11.5. The second-order valence-electron chi connectivity index (χ2n) is 7.38. The Hall–Kier alpha value is -2.12. The minimum absolute atomic E-state index is 0.0471. The predicted molar refractivity (Wildman–Crippen MR) is 118 cm³/mol. The Morgan fingerprint density at radius 3 is 2.70 bits per heavy atom. The number of esters is 1. The fraction of sp³-hybridized carbons (Fsp3) is 0.381. The molecular formula is C21H24ClN3O4Se. The van der Waals surface area contributed by atoms with Crippen LogP contribution in [0.2, 0.25) is 5.15 Å². The molecule has 3 rings (SSSR count). The summed E-state index contributed by atoms with van der Waals surface area (Å²) in [6, 6.07) is 9.60. The van der Waals surface area contributed by atoms with Gasteiger partial charge in [0.05, 0.1) is 5.60 Å².